The van der Waals surface area contributed by atoms with Gasteiger partial charge in [-0.15, -0.1) is 0 Å². The van der Waals surface area contributed by atoms with Crippen LogP contribution < -0.4 is 4.74 Å². The Hall–Kier alpha value is -2.00. The van der Waals surface area contributed by atoms with Crippen LogP contribution in [0.4, 0.5) is 0 Å². The first-order valence-electron chi connectivity index (χ1n) is 6.74. The van der Waals surface area contributed by atoms with Crippen molar-refractivity contribution in [3.63, 3.8) is 0 Å². The molecule has 0 fully saturated rings. The van der Waals surface area contributed by atoms with E-state index in [2.05, 4.69) is 0 Å². The molecular weight excluding hydrogens is 288 g/mol. The summed E-state index contributed by atoms with van der Waals surface area (Å²) in [4.78, 5) is 10.7. The highest BCUT2D eigenvalue weighted by Crippen LogP contribution is 2.24. The summed E-state index contributed by atoms with van der Waals surface area (Å²) in [6, 6.07) is 13.3. The number of ether oxygens (including phenoxy) is 1. The van der Waals surface area contributed by atoms with Crippen molar-refractivity contribution in [3.05, 3.63) is 64.2 Å². The van der Waals surface area contributed by atoms with Crippen molar-refractivity contribution in [1.82, 2.24) is 0 Å². The molecule has 0 aliphatic carbocycles. The fourth-order valence-corrected chi connectivity index (χ4v) is 2.25. The maximum atomic E-state index is 10.7. The zero-order valence-corrected chi connectivity index (χ0v) is 12.6. The van der Waals surface area contributed by atoms with Gasteiger partial charge in [0.1, 0.15) is 12.4 Å². The molecule has 0 spiro atoms. The van der Waals surface area contributed by atoms with Crippen molar-refractivity contribution in [2.24, 2.45) is 0 Å². The Labute approximate surface area is 129 Å². The molecule has 1 N–H and O–H groups in total. The SMILES string of the molecule is Cc1ccc(OCc2ccccc2Cl)c(CCC(=O)O)c1. The molecule has 2 aromatic carbocycles. The van der Waals surface area contributed by atoms with Gasteiger partial charge in [-0.1, -0.05) is 47.5 Å². The average Bonchev–Trinajstić information content (AvgIpc) is 2.45. The first-order valence-corrected chi connectivity index (χ1v) is 7.11. The molecule has 0 aliphatic heterocycles. The fourth-order valence-electron chi connectivity index (χ4n) is 2.06. The van der Waals surface area contributed by atoms with E-state index in [0.717, 1.165) is 16.7 Å². The number of carboxylic acid groups (broad SMARTS) is 1. The molecule has 0 aromatic heterocycles. The molecule has 0 amide bonds. The molecule has 0 bridgehead atoms. The molecule has 110 valence electrons. The molecule has 0 saturated heterocycles. The lowest BCUT2D eigenvalue weighted by Crippen LogP contribution is -2.02. The van der Waals surface area contributed by atoms with Gasteiger partial charge in [0.05, 0.1) is 0 Å². The van der Waals surface area contributed by atoms with Crippen LogP contribution in [0, 0.1) is 6.92 Å². The lowest BCUT2D eigenvalue weighted by Gasteiger charge is -2.12. The summed E-state index contributed by atoms with van der Waals surface area (Å²) in [5.41, 5.74) is 2.90. The van der Waals surface area contributed by atoms with Crippen molar-refractivity contribution in [2.75, 3.05) is 0 Å². The molecule has 2 rings (SSSR count). The lowest BCUT2D eigenvalue weighted by molar-refractivity contribution is -0.136. The van der Waals surface area contributed by atoms with Crippen LogP contribution in [0.2, 0.25) is 5.02 Å². The van der Waals surface area contributed by atoms with Crippen molar-refractivity contribution >= 4 is 17.6 Å². The molecule has 3 nitrogen and oxygen atoms in total. The van der Waals surface area contributed by atoms with Gasteiger partial charge in [-0.05, 0) is 31.0 Å². The third-order valence-electron chi connectivity index (χ3n) is 3.17. The van der Waals surface area contributed by atoms with Gasteiger partial charge in [-0.2, -0.15) is 0 Å². The third-order valence-corrected chi connectivity index (χ3v) is 3.53. The number of carbonyl (C=O) groups is 1. The Kier molecular flexibility index (Phi) is 5.23. The standard InChI is InChI=1S/C17H17ClO3/c1-12-6-8-16(13(10-12)7-9-17(19)20)21-11-14-4-2-3-5-15(14)18/h2-6,8,10H,7,9,11H2,1H3,(H,19,20). The van der Waals surface area contributed by atoms with Crippen LogP contribution in [0.25, 0.3) is 0 Å². The zero-order chi connectivity index (χ0) is 15.2. The monoisotopic (exact) mass is 304 g/mol. The van der Waals surface area contributed by atoms with Gasteiger partial charge < -0.3 is 9.84 Å². The first kappa shape index (κ1) is 15.4. The Bertz CT molecular complexity index is 638. The summed E-state index contributed by atoms with van der Waals surface area (Å²) in [6.07, 6.45) is 0.542. The van der Waals surface area contributed by atoms with Crippen LogP contribution in [0.3, 0.4) is 0 Å². The van der Waals surface area contributed by atoms with E-state index in [9.17, 15) is 4.79 Å². The maximum Gasteiger partial charge on any atom is 0.303 e. The molecule has 21 heavy (non-hydrogen) atoms. The molecule has 0 heterocycles. The van der Waals surface area contributed by atoms with Crippen molar-refractivity contribution in [2.45, 2.75) is 26.4 Å². The highest BCUT2D eigenvalue weighted by Gasteiger charge is 2.08. The minimum absolute atomic E-state index is 0.0892. The number of benzene rings is 2. The predicted octanol–water partition coefficient (Wildman–Crippen LogP) is 4.24. The Balaban J connectivity index is 2.12. The van der Waals surface area contributed by atoms with Crippen molar-refractivity contribution < 1.29 is 14.6 Å². The van der Waals surface area contributed by atoms with Crippen LogP contribution in [-0.4, -0.2) is 11.1 Å². The second-order valence-electron chi connectivity index (χ2n) is 4.89. The average molecular weight is 305 g/mol. The number of rotatable bonds is 6. The molecular formula is C17H17ClO3. The Morgan fingerprint density at radius 3 is 2.67 bits per heavy atom. The van der Waals surface area contributed by atoms with E-state index in [1.165, 1.54) is 0 Å². The minimum atomic E-state index is -0.812. The van der Waals surface area contributed by atoms with Gasteiger partial charge in [0.15, 0.2) is 0 Å². The minimum Gasteiger partial charge on any atom is -0.489 e. The molecule has 0 radical (unpaired) electrons. The molecule has 4 heteroatoms. The summed E-state index contributed by atoms with van der Waals surface area (Å²) >= 11 is 6.10. The molecule has 0 unspecified atom stereocenters. The number of halogens is 1. The summed E-state index contributed by atoms with van der Waals surface area (Å²) in [7, 11) is 0. The summed E-state index contributed by atoms with van der Waals surface area (Å²) < 4.78 is 5.81. The third kappa shape index (κ3) is 4.50. The van der Waals surface area contributed by atoms with Crippen LogP contribution in [-0.2, 0) is 17.8 Å². The van der Waals surface area contributed by atoms with E-state index in [-0.39, 0.29) is 6.42 Å². The predicted molar refractivity (Wildman–Crippen MR) is 82.9 cm³/mol. The topological polar surface area (TPSA) is 46.5 Å². The van der Waals surface area contributed by atoms with Gasteiger partial charge in [-0.3, -0.25) is 4.79 Å². The quantitative estimate of drug-likeness (QED) is 0.868. The fraction of sp³-hybridized carbons (Fsp3) is 0.235. The normalized spacial score (nSPS) is 10.4. The van der Waals surface area contributed by atoms with Gasteiger partial charge in [-0.25, -0.2) is 0 Å². The van der Waals surface area contributed by atoms with Gasteiger partial charge in [0, 0.05) is 17.0 Å². The second-order valence-corrected chi connectivity index (χ2v) is 5.29. The smallest absolute Gasteiger partial charge is 0.303 e. The van der Waals surface area contributed by atoms with Crippen LogP contribution in [0.15, 0.2) is 42.5 Å². The molecule has 0 aliphatic rings. The second kappa shape index (κ2) is 7.14. The zero-order valence-electron chi connectivity index (χ0n) is 11.8. The van der Waals surface area contributed by atoms with E-state index in [4.69, 9.17) is 21.4 Å². The summed E-state index contributed by atoms with van der Waals surface area (Å²) in [5, 5.41) is 9.48. The molecule has 0 saturated carbocycles. The Morgan fingerprint density at radius 1 is 1.19 bits per heavy atom. The highest BCUT2D eigenvalue weighted by atomic mass is 35.5. The summed E-state index contributed by atoms with van der Waals surface area (Å²) in [6.45, 7) is 2.34. The van der Waals surface area contributed by atoms with Gasteiger partial charge in [0.2, 0.25) is 0 Å². The van der Waals surface area contributed by atoms with Gasteiger partial charge >= 0.3 is 5.97 Å². The Morgan fingerprint density at radius 2 is 1.95 bits per heavy atom. The number of hydrogen-bond donors (Lipinski definition) is 1. The van der Waals surface area contributed by atoms with E-state index in [0.29, 0.717) is 23.8 Å². The number of hydrogen-bond acceptors (Lipinski definition) is 2. The largest absolute Gasteiger partial charge is 0.489 e. The molecule has 0 atom stereocenters. The van der Waals surface area contributed by atoms with E-state index in [1.807, 2.05) is 49.4 Å². The van der Waals surface area contributed by atoms with Crippen LogP contribution in [0.5, 0.6) is 5.75 Å². The van der Waals surface area contributed by atoms with E-state index in [1.54, 1.807) is 0 Å². The molecule has 2 aromatic rings. The van der Waals surface area contributed by atoms with Crippen LogP contribution in [0.1, 0.15) is 23.1 Å². The van der Waals surface area contributed by atoms with E-state index < -0.39 is 5.97 Å². The first-order chi connectivity index (χ1) is 10.1. The van der Waals surface area contributed by atoms with Crippen molar-refractivity contribution in [3.8, 4) is 5.75 Å². The van der Waals surface area contributed by atoms with Crippen molar-refractivity contribution in [1.29, 1.82) is 0 Å². The number of carboxylic acids is 1. The number of aliphatic carboxylic acids is 1. The number of aryl methyl sites for hydroxylation is 2. The van der Waals surface area contributed by atoms with Gasteiger partial charge in [0.25, 0.3) is 0 Å². The van der Waals surface area contributed by atoms with Crippen LogP contribution >= 0.6 is 11.6 Å². The lowest BCUT2D eigenvalue weighted by atomic mass is 10.1. The highest BCUT2D eigenvalue weighted by molar-refractivity contribution is 6.31. The summed E-state index contributed by atoms with van der Waals surface area (Å²) in [5.74, 6) is -0.102. The maximum absolute atomic E-state index is 10.7. The van der Waals surface area contributed by atoms with E-state index >= 15 is 0 Å².